The number of methoxy groups -OCH3 is 1. The predicted molar refractivity (Wildman–Crippen MR) is 82.3 cm³/mol. The van der Waals surface area contributed by atoms with E-state index in [1.807, 2.05) is 12.1 Å². The average Bonchev–Trinajstić information content (AvgIpc) is 2.45. The summed E-state index contributed by atoms with van der Waals surface area (Å²) in [5, 5.41) is 2.18. The van der Waals surface area contributed by atoms with Crippen LogP contribution in [0.1, 0.15) is 26.5 Å². The van der Waals surface area contributed by atoms with Crippen LogP contribution in [0.5, 0.6) is 5.88 Å². The van der Waals surface area contributed by atoms with Crippen molar-refractivity contribution in [3.63, 3.8) is 0 Å². The van der Waals surface area contributed by atoms with Crippen LogP contribution < -0.4 is 4.74 Å². The fourth-order valence-corrected chi connectivity index (χ4v) is 2.28. The Hall–Kier alpha value is -2.16. The van der Waals surface area contributed by atoms with Crippen LogP contribution in [-0.4, -0.2) is 17.1 Å². The highest BCUT2D eigenvalue weighted by atomic mass is 16.5. The van der Waals surface area contributed by atoms with E-state index in [0.29, 0.717) is 5.88 Å². The van der Waals surface area contributed by atoms with E-state index >= 15 is 0 Å². The van der Waals surface area contributed by atoms with Crippen molar-refractivity contribution >= 4 is 21.8 Å². The molecule has 3 rings (SSSR count). The molecule has 0 radical (unpaired) electrons. The van der Waals surface area contributed by atoms with E-state index in [-0.39, 0.29) is 5.41 Å². The maximum absolute atomic E-state index is 5.23. The van der Waals surface area contributed by atoms with Crippen molar-refractivity contribution in [2.24, 2.45) is 0 Å². The largest absolute Gasteiger partial charge is 0.481 e. The molecular formula is C17H18N2O. The molecular weight excluding hydrogens is 248 g/mol. The molecule has 0 saturated heterocycles. The first-order chi connectivity index (χ1) is 9.49. The molecule has 1 aromatic carbocycles. The number of rotatable bonds is 1. The minimum absolute atomic E-state index is 0.0230. The third-order valence-electron chi connectivity index (χ3n) is 3.47. The third kappa shape index (κ3) is 2.09. The van der Waals surface area contributed by atoms with Gasteiger partial charge in [-0.15, -0.1) is 0 Å². The summed E-state index contributed by atoms with van der Waals surface area (Å²) in [6.45, 7) is 6.50. The van der Waals surface area contributed by atoms with Crippen molar-refractivity contribution in [3.8, 4) is 5.88 Å². The number of hydrogen-bond donors (Lipinski definition) is 0. The topological polar surface area (TPSA) is 35.0 Å². The lowest BCUT2D eigenvalue weighted by Crippen LogP contribution is -2.13. The monoisotopic (exact) mass is 266 g/mol. The van der Waals surface area contributed by atoms with Crippen LogP contribution in [0.25, 0.3) is 21.8 Å². The first-order valence-electron chi connectivity index (χ1n) is 6.74. The molecule has 0 aliphatic carbocycles. The van der Waals surface area contributed by atoms with Gasteiger partial charge in [-0.1, -0.05) is 39.0 Å². The summed E-state index contributed by atoms with van der Waals surface area (Å²) in [4.78, 5) is 9.39. The molecule has 2 heterocycles. The molecule has 3 heteroatoms. The lowest BCUT2D eigenvalue weighted by atomic mass is 9.91. The van der Waals surface area contributed by atoms with Gasteiger partial charge in [-0.05, 0) is 12.1 Å². The molecule has 0 amide bonds. The van der Waals surface area contributed by atoms with E-state index < -0.39 is 0 Å². The molecule has 20 heavy (non-hydrogen) atoms. The molecule has 0 fully saturated rings. The minimum Gasteiger partial charge on any atom is -0.481 e. The second-order valence-electron chi connectivity index (χ2n) is 6.01. The highest BCUT2D eigenvalue weighted by Gasteiger charge is 2.16. The fourth-order valence-electron chi connectivity index (χ4n) is 2.28. The van der Waals surface area contributed by atoms with Gasteiger partial charge in [-0.2, -0.15) is 0 Å². The summed E-state index contributed by atoms with van der Waals surface area (Å²) < 4.78 is 5.23. The summed E-state index contributed by atoms with van der Waals surface area (Å²) in [5.41, 5.74) is 2.93. The van der Waals surface area contributed by atoms with Crippen molar-refractivity contribution < 1.29 is 4.74 Å². The Morgan fingerprint density at radius 1 is 0.800 bits per heavy atom. The molecule has 0 spiro atoms. The minimum atomic E-state index is 0.0230. The SMILES string of the molecule is COc1ccc2ccc3ccc(C(C)(C)C)nc3c2n1. The van der Waals surface area contributed by atoms with E-state index in [9.17, 15) is 0 Å². The zero-order valence-corrected chi connectivity index (χ0v) is 12.3. The predicted octanol–water partition coefficient (Wildman–Crippen LogP) is 4.09. The van der Waals surface area contributed by atoms with E-state index in [2.05, 4.69) is 50.0 Å². The quantitative estimate of drug-likeness (QED) is 0.622. The van der Waals surface area contributed by atoms with Crippen LogP contribution in [0.15, 0.2) is 36.4 Å². The summed E-state index contributed by atoms with van der Waals surface area (Å²) >= 11 is 0. The Labute approximate surface area is 118 Å². The maximum atomic E-state index is 5.23. The summed E-state index contributed by atoms with van der Waals surface area (Å²) in [5.74, 6) is 0.618. The first kappa shape index (κ1) is 12.9. The Balaban J connectivity index is 2.37. The molecule has 0 atom stereocenters. The lowest BCUT2D eigenvalue weighted by Gasteiger charge is -2.18. The number of fused-ring (bicyclic) bond motifs is 3. The highest BCUT2D eigenvalue weighted by Crippen LogP contribution is 2.28. The van der Waals surface area contributed by atoms with E-state index in [1.54, 1.807) is 7.11 Å². The van der Waals surface area contributed by atoms with Gasteiger partial charge in [-0.25, -0.2) is 9.97 Å². The molecule has 3 aromatic rings. The Bertz CT molecular complexity index is 788. The molecule has 102 valence electrons. The summed E-state index contributed by atoms with van der Waals surface area (Å²) in [7, 11) is 1.63. The second kappa shape index (κ2) is 4.44. The number of pyridine rings is 2. The smallest absolute Gasteiger partial charge is 0.213 e. The zero-order valence-electron chi connectivity index (χ0n) is 12.3. The molecule has 0 N–H and O–H groups in total. The van der Waals surface area contributed by atoms with Crippen molar-refractivity contribution in [3.05, 3.63) is 42.1 Å². The number of ether oxygens (including phenoxy) is 1. The van der Waals surface area contributed by atoms with Gasteiger partial charge >= 0.3 is 0 Å². The van der Waals surface area contributed by atoms with Crippen LogP contribution in [0.3, 0.4) is 0 Å². The number of aromatic nitrogens is 2. The van der Waals surface area contributed by atoms with Gasteiger partial charge in [0.15, 0.2) is 0 Å². The van der Waals surface area contributed by atoms with Crippen LogP contribution in [0, 0.1) is 0 Å². The van der Waals surface area contributed by atoms with E-state index in [1.165, 1.54) is 0 Å². The van der Waals surface area contributed by atoms with Gasteiger partial charge in [0.1, 0.15) is 5.52 Å². The number of nitrogens with zero attached hydrogens (tertiary/aromatic N) is 2. The molecule has 3 nitrogen and oxygen atoms in total. The maximum Gasteiger partial charge on any atom is 0.213 e. The van der Waals surface area contributed by atoms with Crippen molar-refractivity contribution in [1.82, 2.24) is 9.97 Å². The molecule has 2 aromatic heterocycles. The Morgan fingerprint density at radius 3 is 1.95 bits per heavy atom. The molecule has 0 unspecified atom stereocenters. The van der Waals surface area contributed by atoms with Crippen LogP contribution in [-0.2, 0) is 5.41 Å². The van der Waals surface area contributed by atoms with Gasteiger partial charge in [0, 0.05) is 27.9 Å². The van der Waals surface area contributed by atoms with Crippen LogP contribution in [0.2, 0.25) is 0 Å². The molecule has 0 aliphatic rings. The lowest BCUT2D eigenvalue weighted by molar-refractivity contribution is 0.399. The van der Waals surface area contributed by atoms with Gasteiger partial charge < -0.3 is 4.74 Å². The van der Waals surface area contributed by atoms with Crippen LogP contribution >= 0.6 is 0 Å². The third-order valence-corrected chi connectivity index (χ3v) is 3.47. The van der Waals surface area contributed by atoms with Crippen molar-refractivity contribution in [2.75, 3.05) is 7.11 Å². The number of benzene rings is 1. The highest BCUT2D eigenvalue weighted by molar-refractivity contribution is 6.02. The van der Waals surface area contributed by atoms with Gasteiger partial charge in [-0.3, -0.25) is 0 Å². The van der Waals surface area contributed by atoms with E-state index in [0.717, 1.165) is 27.5 Å². The standard InChI is InChI=1S/C17H18N2O/c1-17(2,3)13-9-7-11-5-6-12-8-10-14(20-4)19-16(12)15(11)18-13/h5-10H,1-4H3. The average molecular weight is 266 g/mol. The Kier molecular flexibility index (Phi) is 2.85. The number of hydrogen-bond acceptors (Lipinski definition) is 3. The zero-order chi connectivity index (χ0) is 14.3. The van der Waals surface area contributed by atoms with Gasteiger partial charge in [0.25, 0.3) is 0 Å². The second-order valence-corrected chi connectivity index (χ2v) is 6.01. The molecule has 0 saturated carbocycles. The first-order valence-corrected chi connectivity index (χ1v) is 6.74. The van der Waals surface area contributed by atoms with Crippen molar-refractivity contribution in [1.29, 1.82) is 0 Å². The fraction of sp³-hybridized carbons (Fsp3) is 0.294. The van der Waals surface area contributed by atoms with E-state index in [4.69, 9.17) is 9.72 Å². The Morgan fingerprint density at radius 2 is 1.35 bits per heavy atom. The molecule has 0 aliphatic heterocycles. The summed E-state index contributed by atoms with van der Waals surface area (Å²) in [6.07, 6.45) is 0. The van der Waals surface area contributed by atoms with Gasteiger partial charge in [0.05, 0.1) is 12.6 Å². The summed E-state index contributed by atoms with van der Waals surface area (Å²) in [6, 6.07) is 12.3. The van der Waals surface area contributed by atoms with Crippen LogP contribution in [0.4, 0.5) is 0 Å². The molecule has 0 bridgehead atoms. The van der Waals surface area contributed by atoms with Crippen molar-refractivity contribution in [2.45, 2.75) is 26.2 Å². The normalized spacial score (nSPS) is 12.0. The van der Waals surface area contributed by atoms with Gasteiger partial charge in [0.2, 0.25) is 5.88 Å².